The normalized spacial score (nSPS) is 15.0. The fraction of sp³-hybridized carbons (Fsp3) is 0.294. The number of thiazole rings is 1. The molecule has 24 heavy (non-hydrogen) atoms. The van der Waals surface area contributed by atoms with Gasteiger partial charge in [0.05, 0.1) is 9.58 Å². The first-order chi connectivity index (χ1) is 11.7. The molecule has 1 fully saturated rings. The van der Waals surface area contributed by atoms with Crippen LogP contribution in [-0.2, 0) is 0 Å². The number of fused-ring (bicyclic) bond motifs is 1. The summed E-state index contributed by atoms with van der Waals surface area (Å²) >= 11 is 8.99. The molecule has 1 saturated heterocycles. The molecule has 1 aromatic carbocycles. The summed E-state index contributed by atoms with van der Waals surface area (Å²) in [5.41, 5.74) is 0.739. The minimum atomic E-state index is -0.105. The Labute approximate surface area is 153 Å². The Morgan fingerprint density at radius 2 is 1.88 bits per heavy atom. The lowest BCUT2D eigenvalue weighted by atomic mass is 10.1. The molecule has 0 atom stereocenters. The van der Waals surface area contributed by atoms with Crippen molar-refractivity contribution in [3.63, 3.8) is 0 Å². The average Bonchev–Trinajstić information content (AvgIpc) is 3.17. The lowest BCUT2D eigenvalue weighted by molar-refractivity contribution is 0.103. The van der Waals surface area contributed by atoms with Crippen LogP contribution in [0.2, 0.25) is 5.02 Å². The van der Waals surface area contributed by atoms with Gasteiger partial charge in [0.2, 0.25) is 0 Å². The third-order valence-corrected chi connectivity index (χ3v) is 6.50. The van der Waals surface area contributed by atoms with Crippen molar-refractivity contribution in [3.05, 3.63) is 40.2 Å². The van der Waals surface area contributed by atoms with E-state index in [1.165, 1.54) is 30.6 Å². The predicted octanol–water partition coefficient (Wildman–Crippen LogP) is 5.25. The van der Waals surface area contributed by atoms with E-state index < -0.39 is 0 Å². The summed E-state index contributed by atoms with van der Waals surface area (Å²) in [4.78, 5) is 21.1. The molecule has 3 heterocycles. The number of hydrogen-bond donors (Lipinski definition) is 1. The third-order valence-electron chi connectivity index (χ3n) is 4.03. The smallest absolute Gasteiger partial charge is 0.265 e. The zero-order chi connectivity index (χ0) is 16.5. The Kier molecular flexibility index (Phi) is 4.43. The van der Waals surface area contributed by atoms with Crippen molar-refractivity contribution in [2.45, 2.75) is 19.3 Å². The minimum Gasteiger partial charge on any atom is -0.348 e. The summed E-state index contributed by atoms with van der Waals surface area (Å²) in [7, 11) is 0. The highest BCUT2D eigenvalue weighted by molar-refractivity contribution is 7.29. The van der Waals surface area contributed by atoms with Crippen molar-refractivity contribution in [2.75, 3.05) is 23.3 Å². The molecule has 0 saturated carbocycles. The summed E-state index contributed by atoms with van der Waals surface area (Å²) in [5, 5.41) is 4.63. The molecular weight excluding hydrogens is 362 g/mol. The van der Waals surface area contributed by atoms with Crippen LogP contribution in [0.5, 0.6) is 0 Å². The van der Waals surface area contributed by atoms with Gasteiger partial charge in [-0.25, -0.2) is 4.98 Å². The Balaban J connectivity index is 1.51. The topological polar surface area (TPSA) is 45.2 Å². The number of carbonyl (C=O) groups is 1. The molecule has 7 heteroatoms. The van der Waals surface area contributed by atoms with E-state index in [2.05, 4.69) is 10.2 Å². The van der Waals surface area contributed by atoms with Crippen LogP contribution < -0.4 is 10.2 Å². The maximum atomic E-state index is 12.4. The van der Waals surface area contributed by atoms with Gasteiger partial charge in [-0.1, -0.05) is 22.9 Å². The van der Waals surface area contributed by atoms with Crippen LogP contribution in [0.3, 0.4) is 0 Å². The summed E-state index contributed by atoms with van der Waals surface area (Å²) in [6, 6.07) is 9.05. The summed E-state index contributed by atoms with van der Waals surface area (Å²) in [6.07, 6.45) is 3.79. The molecule has 4 rings (SSSR count). The lowest BCUT2D eigenvalue weighted by Gasteiger charge is -2.25. The van der Waals surface area contributed by atoms with Crippen molar-refractivity contribution in [1.82, 2.24) is 4.98 Å². The quantitative estimate of drug-likeness (QED) is 0.677. The number of rotatable bonds is 3. The zero-order valence-electron chi connectivity index (χ0n) is 12.9. The van der Waals surface area contributed by atoms with Gasteiger partial charge in [0.25, 0.3) is 5.91 Å². The number of thiophene rings is 1. The van der Waals surface area contributed by atoms with E-state index in [-0.39, 0.29) is 5.91 Å². The third kappa shape index (κ3) is 3.27. The molecule has 0 aliphatic carbocycles. The van der Waals surface area contributed by atoms with E-state index in [1.54, 1.807) is 35.6 Å². The van der Waals surface area contributed by atoms with Crippen LogP contribution in [0.4, 0.5) is 10.8 Å². The number of hydrogen-bond acceptors (Lipinski definition) is 5. The van der Waals surface area contributed by atoms with Crippen LogP contribution in [0.25, 0.3) is 9.53 Å². The largest absolute Gasteiger partial charge is 0.348 e. The first-order valence-corrected chi connectivity index (χ1v) is 9.92. The van der Waals surface area contributed by atoms with Crippen molar-refractivity contribution in [1.29, 1.82) is 0 Å². The molecule has 3 aromatic rings. The van der Waals surface area contributed by atoms with Crippen molar-refractivity contribution >= 4 is 60.5 Å². The van der Waals surface area contributed by atoms with Gasteiger partial charge >= 0.3 is 0 Å². The highest BCUT2D eigenvalue weighted by atomic mass is 35.5. The molecule has 0 spiro atoms. The van der Waals surface area contributed by atoms with E-state index in [4.69, 9.17) is 16.6 Å². The van der Waals surface area contributed by atoms with Gasteiger partial charge in [-0.05, 0) is 49.6 Å². The number of halogens is 1. The Morgan fingerprint density at radius 1 is 1.12 bits per heavy atom. The van der Waals surface area contributed by atoms with E-state index in [9.17, 15) is 4.79 Å². The van der Waals surface area contributed by atoms with Gasteiger partial charge in [-0.15, -0.1) is 11.3 Å². The molecule has 0 unspecified atom stereocenters. The molecular formula is C17H16ClN3OS2. The van der Waals surface area contributed by atoms with Crippen molar-refractivity contribution < 1.29 is 4.79 Å². The Hall–Kier alpha value is -1.63. The lowest BCUT2D eigenvalue weighted by Crippen LogP contribution is -2.29. The second-order valence-electron chi connectivity index (χ2n) is 5.79. The molecule has 124 valence electrons. The molecule has 1 aliphatic heterocycles. The molecule has 1 N–H and O–H groups in total. The number of aromatic nitrogens is 1. The highest BCUT2D eigenvalue weighted by Crippen LogP contribution is 2.35. The van der Waals surface area contributed by atoms with Crippen molar-refractivity contribution in [2.24, 2.45) is 0 Å². The molecule has 2 aromatic heterocycles. The second-order valence-corrected chi connectivity index (χ2v) is 8.26. The summed E-state index contributed by atoms with van der Waals surface area (Å²) in [5.74, 6) is -0.105. The number of nitrogens with one attached hydrogen (secondary N) is 1. The summed E-state index contributed by atoms with van der Waals surface area (Å²) < 4.78 is 1.09. The van der Waals surface area contributed by atoms with Crippen LogP contribution in [0, 0.1) is 0 Å². The fourth-order valence-electron chi connectivity index (χ4n) is 2.78. The number of carbonyl (C=O) groups excluding carboxylic acids is 1. The Bertz CT molecular complexity index is 834. The van der Waals surface area contributed by atoms with Crippen molar-refractivity contribution in [3.8, 4) is 0 Å². The maximum absolute atomic E-state index is 12.4. The van der Waals surface area contributed by atoms with Crippen LogP contribution in [-0.4, -0.2) is 24.0 Å². The minimum absolute atomic E-state index is 0.105. The fourth-order valence-corrected chi connectivity index (χ4v) is 5.07. The standard InChI is InChI=1S/C17H16ClN3OS2/c18-11-4-6-12(7-5-11)19-15(22)13-10-14-16(23-13)20-17(24-14)21-8-2-1-3-9-21/h4-7,10H,1-3,8-9H2,(H,19,22). The molecule has 0 bridgehead atoms. The zero-order valence-corrected chi connectivity index (χ0v) is 15.3. The number of amides is 1. The van der Waals surface area contributed by atoms with Gasteiger partial charge < -0.3 is 10.2 Å². The number of anilines is 2. The predicted molar refractivity (Wildman–Crippen MR) is 103 cm³/mol. The second kappa shape index (κ2) is 6.70. The van der Waals surface area contributed by atoms with E-state index in [1.807, 2.05) is 6.07 Å². The van der Waals surface area contributed by atoms with E-state index >= 15 is 0 Å². The van der Waals surface area contributed by atoms with Crippen LogP contribution >= 0.6 is 34.3 Å². The maximum Gasteiger partial charge on any atom is 0.265 e. The number of benzene rings is 1. The molecule has 1 aliphatic rings. The van der Waals surface area contributed by atoms with Gasteiger partial charge in [0, 0.05) is 23.8 Å². The molecule has 4 nitrogen and oxygen atoms in total. The molecule has 1 amide bonds. The van der Waals surface area contributed by atoms with Gasteiger partial charge in [-0.2, -0.15) is 0 Å². The van der Waals surface area contributed by atoms with Crippen LogP contribution in [0.1, 0.15) is 28.9 Å². The summed E-state index contributed by atoms with van der Waals surface area (Å²) in [6.45, 7) is 2.18. The van der Waals surface area contributed by atoms with Gasteiger partial charge in [0.1, 0.15) is 4.83 Å². The number of nitrogens with zero attached hydrogens (tertiary/aromatic N) is 2. The monoisotopic (exact) mass is 377 g/mol. The van der Waals surface area contributed by atoms with Gasteiger partial charge in [-0.3, -0.25) is 4.79 Å². The van der Waals surface area contributed by atoms with E-state index in [0.29, 0.717) is 9.90 Å². The highest BCUT2D eigenvalue weighted by Gasteiger charge is 2.18. The SMILES string of the molecule is O=C(Nc1ccc(Cl)cc1)c1cc2sc(N3CCCCC3)nc2s1. The number of piperidine rings is 1. The van der Waals surface area contributed by atoms with Gasteiger partial charge in [0.15, 0.2) is 5.13 Å². The first-order valence-electron chi connectivity index (χ1n) is 7.91. The molecule has 0 radical (unpaired) electrons. The van der Waals surface area contributed by atoms with Crippen LogP contribution in [0.15, 0.2) is 30.3 Å². The Morgan fingerprint density at radius 3 is 2.58 bits per heavy atom. The average molecular weight is 378 g/mol. The first kappa shape index (κ1) is 15.9. The van der Waals surface area contributed by atoms with E-state index in [0.717, 1.165) is 33.4 Å².